The molecule has 0 radical (unpaired) electrons. The third kappa shape index (κ3) is 3.59. The molecule has 108 valence electrons. The van der Waals surface area contributed by atoms with Gasteiger partial charge in [0.05, 0.1) is 11.0 Å². The van der Waals surface area contributed by atoms with Gasteiger partial charge in [0, 0.05) is 13.6 Å². The Kier molecular flexibility index (Phi) is 5.31. The van der Waals surface area contributed by atoms with Crippen LogP contribution >= 0.6 is 0 Å². The minimum atomic E-state index is -1.36. The van der Waals surface area contributed by atoms with Crippen molar-refractivity contribution in [2.75, 3.05) is 13.6 Å². The van der Waals surface area contributed by atoms with Gasteiger partial charge < -0.3 is 4.90 Å². The molecule has 1 rings (SSSR count). The molecule has 0 aromatic heterocycles. The van der Waals surface area contributed by atoms with Crippen LogP contribution in [0, 0.1) is 21.7 Å². The number of halogens is 2. The highest BCUT2D eigenvalue weighted by atomic mass is 19.2. The van der Waals surface area contributed by atoms with Gasteiger partial charge in [-0.15, -0.1) is 6.58 Å². The predicted octanol–water partition coefficient (Wildman–Crippen LogP) is 2.91. The summed E-state index contributed by atoms with van der Waals surface area (Å²) in [6.07, 6.45) is 2.99. The van der Waals surface area contributed by atoms with Crippen LogP contribution in [0.15, 0.2) is 24.8 Å². The standard InChI is InChI=1S/C13H14F2N2O3/c1-3-4-5-6-16(2)13(18)9-7-10(14)11(15)8-12(9)17(19)20/h3,7-8H,1,4-6H2,2H3. The lowest BCUT2D eigenvalue weighted by atomic mass is 10.1. The summed E-state index contributed by atoms with van der Waals surface area (Å²) in [7, 11) is 1.44. The zero-order valence-corrected chi connectivity index (χ0v) is 10.9. The molecule has 0 aliphatic carbocycles. The summed E-state index contributed by atoms with van der Waals surface area (Å²) in [5.41, 5.74) is -1.21. The van der Waals surface area contributed by atoms with Gasteiger partial charge in [0.15, 0.2) is 11.6 Å². The van der Waals surface area contributed by atoms with E-state index in [1.807, 2.05) is 0 Å². The van der Waals surface area contributed by atoms with Gasteiger partial charge in [0.2, 0.25) is 0 Å². The van der Waals surface area contributed by atoms with Crippen molar-refractivity contribution in [1.29, 1.82) is 0 Å². The summed E-state index contributed by atoms with van der Waals surface area (Å²) in [6, 6.07) is 0.972. The van der Waals surface area contributed by atoms with Crippen molar-refractivity contribution in [3.63, 3.8) is 0 Å². The molecule has 0 unspecified atom stereocenters. The Morgan fingerprint density at radius 3 is 2.60 bits per heavy atom. The number of benzene rings is 1. The van der Waals surface area contributed by atoms with E-state index in [2.05, 4.69) is 6.58 Å². The van der Waals surface area contributed by atoms with Crippen molar-refractivity contribution in [3.8, 4) is 0 Å². The van der Waals surface area contributed by atoms with E-state index in [0.717, 1.165) is 0 Å². The first-order valence-electron chi connectivity index (χ1n) is 5.88. The van der Waals surface area contributed by atoms with Crippen LogP contribution in [0.4, 0.5) is 14.5 Å². The first kappa shape index (κ1) is 15.7. The number of unbranched alkanes of at least 4 members (excludes halogenated alkanes) is 1. The van der Waals surface area contributed by atoms with Gasteiger partial charge in [0.1, 0.15) is 5.56 Å². The zero-order chi connectivity index (χ0) is 15.3. The Bertz CT molecular complexity index is 547. The molecular formula is C13H14F2N2O3. The highest BCUT2D eigenvalue weighted by Gasteiger charge is 2.25. The molecule has 0 fully saturated rings. The maximum absolute atomic E-state index is 13.2. The third-order valence-corrected chi connectivity index (χ3v) is 2.71. The number of nitro benzene ring substituents is 1. The lowest BCUT2D eigenvalue weighted by Crippen LogP contribution is -2.28. The number of allylic oxidation sites excluding steroid dienone is 1. The minimum Gasteiger partial charge on any atom is -0.341 e. The number of carbonyl (C=O) groups excluding carboxylic acids is 1. The highest BCUT2D eigenvalue weighted by Crippen LogP contribution is 2.23. The van der Waals surface area contributed by atoms with Gasteiger partial charge in [-0.2, -0.15) is 0 Å². The van der Waals surface area contributed by atoms with Gasteiger partial charge in [0.25, 0.3) is 11.6 Å². The molecule has 0 aliphatic rings. The molecule has 0 aliphatic heterocycles. The van der Waals surface area contributed by atoms with Crippen LogP contribution in [0.25, 0.3) is 0 Å². The van der Waals surface area contributed by atoms with Crippen LogP contribution in [-0.2, 0) is 0 Å². The molecular weight excluding hydrogens is 270 g/mol. The first-order valence-corrected chi connectivity index (χ1v) is 5.88. The molecule has 0 saturated heterocycles. The van der Waals surface area contributed by atoms with Crippen molar-refractivity contribution in [1.82, 2.24) is 4.90 Å². The normalized spacial score (nSPS) is 10.2. The summed E-state index contributed by atoms with van der Waals surface area (Å²) in [6.45, 7) is 3.87. The van der Waals surface area contributed by atoms with E-state index in [1.165, 1.54) is 11.9 Å². The quantitative estimate of drug-likeness (QED) is 0.349. The molecule has 1 aromatic rings. The molecule has 0 spiro atoms. The second-order valence-electron chi connectivity index (χ2n) is 4.20. The maximum atomic E-state index is 13.2. The average Bonchev–Trinajstić information content (AvgIpc) is 2.40. The number of carbonyl (C=O) groups is 1. The van der Waals surface area contributed by atoms with Crippen molar-refractivity contribution >= 4 is 11.6 Å². The summed E-state index contributed by atoms with van der Waals surface area (Å²) in [4.78, 5) is 23.2. The number of amides is 1. The molecule has 20 heavy (non-hydrogen) atoms. The smallest absolute Gasteiger partial charge is 0.285 e. The fraction of sp³-hybridized carbons (Fsp3) is 0.308. The maximum Gasteiger partial charge on any atom is 0.285 e. The lowest BCUT2D eigenvalue weighted by Gasteiger charge is -2.16. The second-order valence-corrected chi connectivity index (χ2v) is 4.20. The number of hydrogen-bond acceptors (Lipinski definition) is 3. The van der Waals surface area contributed by atoms with E-state index >= 15 is 0 Å². The Hall–Kier alpha value is -2.31. The Balaban J connectivity index is 3.05. The molecule has 5 nitrogen and oxygen atoms in total. The largest absolute Gasteiger partial charge is 0.341 e. The predicted molar refractivity (Wildman–Crippen MR) is 69.4 cm³/mol. The van der Waals surface area contributed by atoms with Crippen molar-refractivity contribution in [3.05, 3.63) is 52.1 Å². The van der Waals surface area contributed by atoms with Gasteiger partial charge in [-0.25, -0.2) is 8.78 Å². The van der Waals surface area contributed by atoms with Gasteiger partial charge in [-0.05, 0) is 18.9 Å². The number of rotatable bonds is 6. The summed E-state index contributed by atoms with van der Waals surface area (Å²) < 4.78 is 26.2. The van der Waals surface area contributed by atoms with Gasteiger partial charge >= 0.3 is 0 Å². The van der Waals surface area contributed by atoms with Gasteiger partial charge in [-0.1, -0.05) is 6.08 Å². The number of nitro groups is 1. The highest BCUT2D eigenvalue weighted by molar-refractivity contribution is 5.98. The fourth-order valence-electron chi connectivity index (χ4n) is 1.64. The van der Waals surface area contributed by atoms with Crippen LogP contribution in [0.3, 0.4) is 0 Å². The van der Waals surface area contributed by atoms with E-state index in [4.69, 9.17) is 0 Å². The van der Waals surface area contributed by atoms with E-state index in [9.17, 15) is 23.7 Å². The monoisotopic (exact) mass is 284 g/mol. The molecule has 0 heterocycles. The molecule has 1 amide bonds. The summed E-state index contributed by atoms with van der Waals surface area (Å²) in [5, 5.41) is 10.8. The SMILES string of the molecule is C=CCCCN(C)C(=O)c1cc(F)c(F)cc1[N+](=O)[O-]. The van der Waals surface area contributed by atoms with E-state index in [-0.39, 0.29) is 0 Å². The Labute approximate surface area is 114 Å². The van der Waals surface area contributed by atoms with Crippen molar-refractivity contribution in [2.24, 2.45) is 0 Å². The molecule has 1 aromatic carbocycles. The zero-order valence-electron chi connectivity index (χ0n) is 10.9. The van der Waals surface area contributed by atoms with Crippen LogP contribution in [0.2, 0.25) is 0 Å². The van der Waals surface area contributed by atoms with Crippen LogP contribution in [0.1, 0.15) is 23.2 Å². The topological polar surface area (TPSA) is 63.5 Å². The fourth-order valence-corrected chi connectivity index (χ4v) is 1.64. The van der Waals surface area contributed by atoms with Crippen LogP contribution in [0.5, 0.6) is 0 Å². The van der Waals surface area contributed by atoms with Crippen molar-refractivity contribution in [2.45, 2.75) is 12.8 Å². The molecule has 7 heteroatoms. The van der Waals surface area contributed by atoms with Crippen LogP contribution in [-0.4, -0.2) is 29.3 Å². The first-order chi connectivity index (χ1) is 9.38. The summed E-state index contributed by atoms with van der Waals surface area (Å²) in [5.74, 6) is -3.37. The van der Waals surface area contributed by atoms with Crippen molar-refractivity contribution < 1.29 is 18.5 Å². The molecule has 0 bridgehead atoms. The van der Waals surface area contributed by atoms with E-state index in [1.54, 1.807) is 6.08 Å². The number of hydrogen-bond donors (Lipinski definition) is 0. The Morgan fingerprint density at radius 1 is 1.45 bits per heavy atom. The van der Waals surface area contributed by atoms with E-state index in [0.29, 0.717) is 31.5 Å². The third-order valence-electron chi connectivity index (χ3n) is 2.71. The molecule has 0 N–H and O–H groups in total. The van der Waals surface area contributed by atoms with E-state index < -0.39 is 33.7 Å². The second kappa shape index (κ2) is 6.74. The lowest BCUT2D eigenvalue weighted by molar-refractivity contribution is -0.385. The molecule has 0 atom stereocenters. The average molecular weight is 284 g/mol. The molecule has 0 saturated carbocycles. The minimum absolute atomic E-state index is 0.334. The number of nitrogens with zero attached hydrogens (tertiary/aromatic N) is 2. The van der Waals surface area contributed by atoms with Crippen LogP contribution < -0.4 is 0 Å². The summed E-state index contributed by atoms with van der Waals surface area (Å²) >= 11 is 0. The van der Waals surface area contributed by atoms with Gasteiger partial charge in [-0.3, -0.25) is 14.9 Å². The Morgan fingerprint density at radius 2 is 2.05 bits per heavy atom.